The molecule has 4 rings (SSSR count). The Morgan fingerprint density at radius 3 is 2.44 bits per heavy atom. The molecule has 8 heteroatoms. The van der Waals surface area contributed by atoms with E-state index in [2.05, 4.69) is 82.3 Å². The van der Waals surface area contributed by atoms with Crippen LogP contribution in [0.15, 0.2) is 94.9 Å². The number of benzene rings is 2. The molecule has 41 heavy (non-hydrogen) atoms. The van der Waals surface area contributed by atoms with Gasteiger partial charge in [-0.05, 0) is 56.4 Å². The van der Waals surface area contributed by atoms with Crippen molar-refractivity contribution in [1.82, 2.24) is 0 Å². The van der Waals surface area contributed by atoms with E-state index in [1.807, 2.05) is 18.2 Å². The minimum atomic E-state index is -0.978. The largest absolute Gasteiger partial charge is 0.550 e. The van der Waals surface area contributed by atoms with Gasteiger partial charge in [-0.1, -0.05) is 84.2 Å². The van der Waals surface area contributed by atoms with Gasteiger partial charge in [0.25, 0.3) is 5.01 Å². The zero-order chi connectivity index (χ0) is 28.9. The Labute approximate surface area is 250 Å². The first-order valence-corrected chi connectivity index (χ1v) is 15.8. The SMILES string of the molecule is O=C([O-])CCCCCN1/C(=C/C=C/C=C/C=C/c2sc3ccccc3[n+]2CCCCCC(=O)O)Sc2ccccc21. The van der Waals surface area contributed by atoms with E-state index in [1.54, 1.807) is 23.1 Å². The number of carboxylic acid groups (broad SMARTS) is 2. The standard InChI is InChI=1S/C33H36N2O4S2/c36-32(37)22-8-4-14-24-34-26-16-10-12-18-28(26)40-30(34)20-6-2-1-3-7-21-31-35(25-15-5-9-23-33(38)39)27-17-11-13-19-29(27)41-31/h1-3,6-7,10-13,16-21H,4-5,8-9,14-15,22-25H2,(H-,36,37,38,39). The van der Waals surface area contributed by atoms with Gasteiger partial charge in [-0.2, -0.15) is 4.57 Å². The molecule has 214 valence electrons. The highest BCUT2D eigenvalue weighted by Gasteiger charge is 2.23. The van der Waals surface area contributed by atoms with Gasteiger partial charge in [0.15, 0.2) is 6.54 Å². The molecule has 0 bridgehead atoms. The van der Waals surface area contributed by atoms with Crippen molar-refractivity contribution in [2.45, 2.75) is 62.8 Å². The summed E-state index contributed by atoms with van der Waals surface area (Å²) in [7, 11) is 0. The van der Waals surface area contributed by atoms with E-state index < -0.39 is 11.9 Å². The predicted octanol–water partition coefficient (Wildman–Crippen LogP) is 6.72. The first-order valence-electron chi connectivity index (χ1n) is 14.1. The van der Waals surface area contributed by atoms with Crippen molar-refractivity contribution < 1.29 is 24.4 Å². The third kappa shape index (κ3) is 9.20. The normalized spacial score (nSPS) is 14.3. The van der Waals surface area contributed by atoms with Crippen LogP contribution in [0.4, 0.5) is 5.69 Å². The molecule has 3 aromatic rings. The molecule has 2 aromatic carbocycles. The predicted molar refractivity (Wildman–Crippen MR) is 167 cm³/mol. The van der Waals surface area contributed by atoms with Gasteiger partial charge in [-0.15, -0.1) is 0 Å². The topological polar surface area (TPSA) is 84.5 Å². The zero-order valence-electron chi connectivity index (χ0n) is 23.1. The summed E-state index contributed by atoms with van der Waals surface area (Å²) < 4.78 is 3.57. The first-order chi connectivity index (χ1) is 20.0. The number of carbonyl (C=O) groups is 2. The Balaban J connectivity index is 1.35. The van der Waals surface area contributed by atoms with Crippen LogP contribution in [-0.4, -0.2) is 23.6 Å². The maximum atomic E-state index is 10.8. The van der Waals surface area contributed by atoms with E-state index >= 15 is 0 Å². The number of aliphatic carboxylic acids is 2. The molecule has 6 nitrogen and oxygen atoms in total. The number of rotatable bonds is 16. The monoisotopic (exact) mass is 588 g/mol. The summed E-state index contributed by atoms with van der Waals surface area (Å²) in [6, 6.07) is 16.8. The number of fused-ring (bicyclic) bond motifs is 2. The summed E-state index contributed by atoms with van der Waals surface area (Å²) in [4.78, 5) is 25.0. The van der Waals surface area contributed by atoms with Crippen LogP contribution in [0, 0.1) is 0 Å². The molecule has 0 atom stereocenters. The molecule has 1 aromatic heterocycles. The minimum Gasteiger partial charge on any atom is -0.550 e. The maximum Gasteiger partial charge on any atom is 0.303 e. The van der Waals surface area contributed by atoms with Crippen molar-refractivity contribution in [2.24, 2.45) is 0 Å². The summed E-state index contributed by atoms with van der Waals surface area (Å²) in [6.45, 7) is 1.72. The van der Waals surface area contributed by atoms with Gasteiger partial charge in [-0.25, -0.2) is 0 Å². The van der Waals surface area contributed by atoms with Crippen LogP contribution in [0.2, 0.25) is 0 Å². The number of aryl methyl sites for hydroxylation is 1. The second-order valence-electron chi connectivity index (χ2n) is 9.80. The number of anilines is 1. The summed E-state index contributed by atoms with van der Waals surface area (Å²) in [5.74, 6) is -1.71. The number of unbranched alkanes of at least 4 members (excludes halogenated alkanes) is 4. The highest BCUT2D eigenvalue weighted by molar-refractivity contribution is 8.03. The molecule has 2 heterocycles. The molecule has 0 radical (unpaired) electrons. The maximum absolute atomic E-state index is 10.8. The van der Waals surface area contributed by atoms with Gasteiger partial charge in [0.05, 0.1) is 10.7 Å². The highest BCUT2D eigenvalue weighted by atomic mass is 32.2. The van der Waals surface area contributed by atoms with Gasteiger partial charge in [0.1, 0.15) is 4.70 Å². The van der Waals surface area contributed by atoms with Crippen LogP contribution in [0.3, 0.4) is 0 Å². The molecule has 1 aliphatic rings. The fourth-order valence-electron chi connectivity index (χ4n) is 4.72. The molecule has 0 unspecified atom stereocenters. The summed E-state index contributed by atoms with van der Waals surface area (Å²) in [5.41, 5.74) is 2.42. The van der Waals surface area contributed by atoms with E-state index in [-0.39, 0.29) is 12.8 Å². The lowest BCUT2D eigenvalue weighted by atomic mass is 10.2. The van der Waals surface area contributed by atoms with E-state index in [0.717, 1.165) is 38.8 Å². The molecular weight excluding hydrogens is 553 g/mol. The van der Waals surface area contributed by atoms with E-state index in [4.69, 9.17) is 5.11 Å². The zero-order valence-corrected chi connectivity index (χ0v) is 24.7. The van der Waals surface area contributed by atoms with E-state index in [1.165, 1.54) is 30.8 Å². The van der Waals surface area contributed by atoms with Crippen LogP contribution >= 0.6 is 23.1 Å². The smallest absolute Gasteiger partial charge is 0.303 e. The second kappa shape index (κ2) is 16.0. The van der Waals surface area contributed by atoms with Crippen molar-refractivity contribution in [1.29, 1.82) is 0 Å². The molecule has 1 N–H and O–H groups in total. The Hall–Kier alpha value is -3.62. The number of hydrogen-bond acceptors (Lipinski definition) is 6. The number of aromatic nitrogens is 1. The fourth-order valence-corrected chi connectivity index (χ4v) is 6.92. The van der Waals surface area contributed by atoms with Crippen molar-refractivity contribution in [3.63, 3.8) is 0 Å². The average Bonchev–Trinajstić information content (AvgIpc) is 3.49. The lowest BCUT2D eigenvalue weighted by Crippen LogP contribution is -2.35. The number of para-hydroxylation sites is 2. The van der Waals surface area contributed by atoms with Gasteiger partial charge in [0.2, 0.25) is 5.52 Å². The Bertz CT molecular complexity index is 1450. The molecular formula is C33H36N2O4S2. The second-order valence-corrected chi connectivity index (χ2v) is 11.9. The third-order valence-corrected chi connectivity index (χ3v) is 8.99. The van der Waals surface area contributed by atoms with E-state index in [0.29, 0.717) is 12.8 Å². The van der Waals surface area contributed by atoms with Crippen LogP contribution in [0.5, 0.6) is 0 Å². The molecule has 0 saturated heterocycles. The van der Waals surface area contributed by atoms with Gasteiger partial charge >= 0.3 is 5.97 Å². The Morgan fingerprint density at radius 1 is 0.854 bits per heavy atom. The van der Waals surface area contributed by atoms with Crippen LogP contribution in [0.1, 0.15) is 56.4 Å². The van der Waals surface area contributed by atoms with E-state index in [9.17, 15) is 14.7 Å². The van der Waals surface area contributed by atoms with Crippen molar-refractivity contribution in [2.75, 3.05) is 11.4 Å². The molecule has 0 aliphatic carbocycles. The van der Waals surface area contributed by atoms with Gasteiger partial charge < -0.3 is 19.9 Å². The van der Waals surface area contributed by atoms with Crippen LogP contribution in [0.25, 0.3) is 16.3 Å². The summed E-state index contributed by atoms with van der Waals surface area (Å²) >= 11 is 3.52. The van der Waals surface area contributed by atoms with Crippen LogP contribution < -0.4 is 14.6 Å². The van der Waals surface area contributed by atoms with Crippen LogP contribution in [-0.2, 0) is 16.1 Å². The van der Waals surface area contributed by atoms with Gasteiger partial charge in [0, 0.05) is 42.4 Å². The highest BCUT2D eigenvalue weighted by Crippen LogP contribution is 2.45. The lowest BCUT2D eigenvalue weighted by Gasteiger charge is -2.20. The lowest BCUT2D eigenvalue weighted by molar-refractivity contribution is -0.669. The number of allylic oxidation sites excluding steroid dienone is 6. The number of thioether (sulfide) groups is 1. The number of nitrogens with zero attached hydrogens (tertiary/aromatic N) is 2. The minimum absolute atomic E-state index is 0.120. The van der Waals surface area contributed by atoms with Gasteiger partial charge in [-0.3, -0.25) is 4.79 Å². The number of carbonyl (C=O) groups excluding carboxylic acids is 1. The van der Waals surface area contributed by atoms with Crippen molar-refractivity contribution >= 4 is 57.0 Å². The number of thiazole rings is 1. The summed E-state index contributed by atoms with van der Waals surface area (Å²) in [5, 5.41) is 21.9. The fraction of sp³-hybridized carbons (Fsp3) is 0.303. The number of carboxylic acids is 2. The van der Waals surface area contributed by atoms with Crippen molar-refractivity contribution in [3.05, 3.63) is 95.0 Å². The molecule has 0 spiro atoms. The average molecular weight is 589 g/mol. The molecule has 0 saturated carbocycles. The molecule has 0 amide bonds. The molecule has 0 fully saturated rings. The Morgan fingerprint density at radius 2 is 1.59 bits per heavy atom. The first kappa shape index (κ1) is 30.3. The summed E-state index contributed by atoms with van der Waals surface area (Å²) in [6.07, 6.45) is 19.8. The number of hydrogen-bond donors (Lipinski definition) is 1. The Kier molecular flexibility index (Phi) is 11.8. The third-order valence-electron chi connectivity index (χ3n) is 6.73. The molecule has 1 aliphatic heterocycles. The quantitative estimate of drug-likeness (QED) is 0.114. The van der Waals surface area contributed by atoms with Crippen molar-refractivity contribution in [3.8, 4) is 0 Å².